The number of nitrogens with zero attached hydrogens (tertiary/aromatic N) is 3. The summed E-state index contributed by atoms with van der Waals surface area (Å²) in [6, 6.07) is 3.80. The smallest absolute Gasteiger partial charge is 0.251 e. The molecule has 1 aliphatic heterocycles. The molecule has 0 fully saturated rings. The molecule has 3 rings (SSSR count). The lowest BCUT2D eigenvalue weighted by atomic mass is 10.1. The number of fused-ring (bicyclic) bond motifs is 1. The topological polar surface area (TPSA) is 59.8 Å². The van der Waals surface area contributed by atoms with Gasteiger partial charge in [0.15, 0.2) is 0 Å². The molecule has 0 aliphatic carbocycles. The lowest BCUT2D eigenvalue weighted by Crippen LogP contribution is -2.40. The Morgan fingerprint density at radius 2 is 2.21 bits per heavy atom. The summed E-state index contributed by atoms with van der Waals surface area (Å²) in [5, 5.41) is 4.03. The zero-order valence-electron chi connectivity index (χ0n) is 14.7. The van der Waals surface area contributed by atoms with E-state index in [1.54, 1.807) is 24.0 Å². The lowest BCUT2D eigenvalue weighted by molar-refractivity contribution is 0.0927. The first-order valence-corrected chi connectivity index (χ1v) is 9.10. The van der Waals surface area contributed by atoms with Crippen LogP contribution in [-0.2, 0) is 13.0 Å². The maximum absolute atomic E-state index is 12.6. The molecule has 0 unspecified atom stereocenters. The van der Waals surface area contributed by atoms with Gasteiger partial charge in [0.2, 0.25) is 0 Å². The molecule has 3 heterocycles. The van der Waals surface area contributed by atoms with E-state index >= 15 is 0 Å². The number of pyridine rings is 1. The van der Waals surface area contributed by atoms with E-state index in [2.05, 4.69) is 46.8 Å². The van der Waals surface area contributed by atoms with Crippen LogP contribution in [0.5, 0.6) is 0 Å². The molecule has 0 bridgehead atoms. The van der Waals surface area contributed by atoms with Gasteiger partial charge in [-0.2, -0.15) is 0 Å². The molecule has 2 aromatic heterocycles. The molecule has 0 radical (unpaired) electrons. The Bertz CT molecular complexity index is 748. The van der Waals surface area contributed by atoms with Crippen LogP contribution < -0.4 is 5.32 Å². The number of rotatable bonds is 3. The molecule has 2 aromatic rings. The summed E-state index contributed by atoms with van der Waals surface area (Å²) in [6.07, 6.45) is 5.59. The largest absolute Gasteiger partial charge is 0.347 e. The highest BCUT2D eigenvalue weighted by atomic mass is 32.2. The number of amides is 1. The van der Waals surface area contributed by atoms with Gasteiger partial charge in [0.05, 0.1) is 10.7 Å². The van der Waals surface area contributed by atoms with Gasteiger partial charge in [0.1, 0.15) is 5.82 Å². The SMILES string of the molecule is Cc1cn2c(n1)CC[C@H](NC(=O)c1ccnc(SC(C)(C)C)c1)C2. The highest BCUT2D eigenvalue weighted by Crippen LogP contribution is 2.30. The Morgan fingerprint density at radius 3 is 2.96 bits per heavy atom. The van der Waals surface area contributed by atoms with E-state index in [4.69, 9.17) is 0 Å². The van der Waals surface area contributed by atoms with Crippen LogP contribution >= 0.6 is 11.8 Å². The van der Waals surface area contributed by atoms with E-state index in [0.29, 0.717) is 5.56 Å². The second-order valence-electron chi connectivity index (χ2n) is 7.26. The predicted octanol–water partition coefficient (Wildman–Crippen LogP) is 3.22. The number of hydrogen-bond donors (Lipinski definition) is 1. The van der Waals surface area contributed by atoms with Gasteiger partial charge in [-0.15, -0.1) is 11.8 Å². The van der Waals surface area contributed by atoms with Crippen LogP contribution in [0.3, 0.4) is 0 Å². The number of carbonyl (C=O) groups is 1. The minimum absolute atomic E-state index is 0.0292. The monoisotopic (exact) mass is 344 g/mol. The van der Waals surface area contributed by atoms with Crippen molar-refractivity contribution < 1.29 is 4.79 Å². The number of imidazole rings is 1. The third kappa shape index (κ3) is 4.17. The fraction of sp³-hybridized carbons (Fsp3) is 0.500. The highest BCUT2D eigenvalue weighted by molar-refractivity contribution is 8.00. The first-order chi connectivity index (χ1) is 11.3. The maximum Gasteiger partial charge on any atom is 0.251 e. The fourth-order valence-electron chi connectivity index (χ4n) is 2.89. The van der Waals surface area contributed by atoms with E-state index in [0.717, 1.165) is 35.9 Å². The molecule has 24 heavy (non-hydrogen) atoms. The Labute approximate surface area is 147 Å². The van der Waals surface area contributed by atoms with Crippen LogP contribution in [0, 0.1) is 6.92 Å². The second-order valence-corrected chi connectivity index (χ2v) is 9.10. The molecule has 1 aliphatic rings. The number of hydrogen-bond acceptors (Lipinski definition) is 4. The number of carbonyl (C=O) groups excluding carboxylic acids is 1. The number of thioether (sulfide) groups is 1. The standard InChI is InChI=1S/C18H24N4OS/c1-12-10-22-11-14(5-6-15(22)20-12)21-17(23)13-7-8-19-16(9-13)24-18(2,3)4/h7-10,14H,5-6,11H2,1-4H3,(H,21,23)/t14-/m0/s1. The van der Waals surface area contributed by atoms with Gasteiger partial charge in [0, 0.05) is 41.7 Å². The molecule has 6 heteroatoms. The van der Waals surface area contributed by atoms with E-state index < -0.39 is 0 Å². The van der Waals surface area contributed by atoms with Crippen molar-refractivity contribution in [1.82, 2.24) is 19.9 Å². The molecule has 0 saturated heterocycles. The van der Waals surface area contributed by atoms with Crippen molar-refractivity contribution in [2.75, 3.05) is 0 Å². The summed E-state index contributed by atoms with van der Waals surface area (Å²) in [4.78, 5) is 21.4. The van der Waals surface area contributed by atoms with Gasteiger partial charge in [-0.3, -0.25) is 4.79 Å². The quantitative estimate of drug-likeness (QED) is 0.869. The normalized spacial score (nSPS) is 17.4. The zero-order valence-corrected chi connectivity index (χ0v) is 15.5. The molecular weight excluding hydrogens is 320 g/mol. The van der Waals surface area contributed by atoms with Gasteiger partial charge in [-0.25, -0.2) is 9.97 Å². The van der Waals surface area contributed by atoms with Crippen LogP contribution in [0.2, 0.25) is 0 Å². The van der Waals surface area contributed by atoms with Crippen LogP contribution in [0.15, 0.2) is 29.6 Å². The number of aromatic nitrogens is 3. The minimum Gasteiger partial charge on any atom is -0.347 e. The molecule has 1 N–H and O–H groups in total. The molecule has 0 saturated carbocycles. The Hall–Kier alpha value is -1.82. The molecule has 0 aromatic carbocycles. The molecule has 0 spiro atoms. The van der Waals surface area contributed by atoms with E-state index in [-0.39, 0.29) is 16.7 Å². The average Bonchev–Trinajstić information content (AvgIpc) is 2.85. The van der Waals surface area contributed by atoms with Crippen molar-refractivity contribution in [3.05, 3.63) is 41.6 Å². The van der Waals surface area contributed by atoms with Gasteiger partial charge in [0.25, 0.3) is 5.91 Å². The average molecular weight is 344 g/mol. The molecule has 128 valence electrons. The van der Waals surface area contributed by atoms with Gasteiger partial charge >= 0.3 is 0 Å². The zero-order chi connectivity index (χ0) is 17.3. The minimum atomic E-state index is -0.0292. The Morgan fingerprint density at radius 1 is 1.42 bits per heavy atom. The lowest BCUT2D eigenvalue weighted by Gasteiger charge is -2.24. The Balaban J connectivity index is 1.66. The van der Waals surface area contributed by atoms with E-state index in [9.17, 15) is 4.79 Å². The van der Waals surface area contributed by atoms with Crippen LogP contribution in [-0.4, -0.2) is 31.2 Å². The summed E-state index contributed by atoms with van der Waals surface area (Å²) in [6.45, 7) is 9.21. The van der Waals surface area contributed by atoms with Crippen molar-refractivity contribution in [1.29, 1.82) is 0 Å². The second kappa shape index (κ2) is 6.59. The number of nitrogens with one attached hydrogen (secondary N) is 1. The van der Waals surface area contributed by atoms with Crippen molar-refractivity contribution in [2.24, 2.45) is 0 Å². The van der Waals surface area contributed by atoms with Crippen LogP contribution in [0.1, 0.15) is 49.1 Å². The van der Waals surface area contributed by atoms with Gasteiger partial charge in [-0.05, 0) is 25.5 Å². The van der Waals surface area contributed by atoms with Gasteiger partial charge in [-0.1, -0.05) is 20.8 Å². The Kier molecular flexibility index (Phi) is 4.67. The summed E-state index contributed by atoms with van der Waals surface area (Å²) in [5.41, 5.74) is 1.71. The van der Waals surface area contributed by atoms with Crippen molar-refractivity contribution in [2.45, 2.75) is 62.9 Å². The van der Waals surface area contributed by atoms with E-state index in [1.807, 2.05) is 13.0 Å². The van der Waals surface area contributed by atoms with Crippen molar-refractivity contribution in [3.8, 4) is 0 Å². The summed E-state index contributed by atoms with van der Waals surface area (Å²) in [5.74, 6) is 1.09. The third-order valence-corrected chi connectivity index (χ3v) is 4.90. The summed E-state index contributed by atoms with van der Waals surface area (Å²) < 4.78 is 2.22. The molecule has 5 nitrogen and oxygen atoms in total. The first-order valence-electron chi connectivity index (χ1n) is 8.29. The van der Waals surface area contributed by atoms with E-state index in [1.165, 1.54) is 0 Å². The van der Waals surface area contributed by atoms with Crippen LogP contribution in [0.4, 0.5) is 0 Å². The highest BCUT2D eigenvalue weighted by Gasteiger charge is 2.22. The number of aryl methyl sites for hydroxylation is 2. The van der Waals surface area contributed by atoms with Crippen LogP contribution in [0.25, 0.3) is 0 Å². The van der Waals surface area contributed by atoms with Crippen molar-refractivity contribution >= 4 is 17.7 Å². The molecule has 1 amide bonds. The first kappa shape index (κ1) is 17.0. The molecule has 1 atom stereocenters. The van der Waals surface area contributed by atoms with Crippen molar-refractivity contribution in [3.63, 3.8) is 0 Å². The fourth-order valence-corrected chi connectivity index (χ4v) is 3.82. The third-order valence-electron chi connectivity index (χ3n) is 3.86. The van der Waals surface area contributed by atoms with Gasteiger partial charge < -0.3 is 9.88 Å². The summed E-state index contributed by atoms with van der Waals surface area (Å²) in [7, 11) is 0. The maximum atomic E-state index is 12.6. The predicted molar refractivity (Wildman–Crippen MR) is 96.4 cm³/mol. The summed E-state index contributed by atoms with van der Waals surface area (Å²) >= 11 is 1.67. The molecular formula is C18H24N4OS.